The van der Waals surface area contributed by atoms with Crippen LogP contribution in [0.25, 0.3) is 0 Å². The molecule has 228 valence electrons. The molecule has 0 saturated carbocycles. The van der Waals surface area contributed by atoms with E-state index in [9.17, 15) is 93.4 Å². The predicted octanol–water partition coefficient (Wildman–Crippen LogP) is 5.75. The third-order valence-corrected chi connectivity index (χ3v) is 4.47. The average Bonchev–Trinajstić information content (AvgIpc) is 2.67. The van der Waals surface area contributed by atoms with Gasteiger partial charge in [0.15, 0.2) is 17.3 Å². The van der Waals surface area contributed by atoms with Crippen LogP contribution in [0.3, 0.4) is 0 Å². The Balaban J connectivity index is 7.14. The molecule has 0 atom stereocenters. The lowest BCUT2D eigenvalue weighted by Crippen LogP contribution is -2.37. The van der Waals surface area contributed by atoms with Crippen LogP contribution >= 0.6 is 0 Å². The minimum Gasteiger partial charge on any atom is -0.574 e. The second-order valence-corrected chi connectivity index (χ2v) is 7.53. The zero-order chi connectivity index (χ0) is 32.3. The first kappa shape index (κ1) is 36.9. The van der Waals surface area contributed by atoms with Crippen LogP contribution in [-0.2, 0) is 25.7 Å². The maximum absolute atomic E-state index is 13.0. The molecule has 0 aliphatic rings. The number of halogens is 18. The van der Waals surface area contributed by atoms with Gasteiger partial charge in [0.25, 0.3) is 17.3 Å². The summed E-state index contributed by atoms with van der Waals surface area (Å²) in [6, 6.07) is 0. The molecule has 40 heavy (non-hydrogen) atoms. The van der Waals surface area contributed by atoms with Gasteiger partial charge in [0.2, 0.25) is 0 Å². The maximum Gasteiger partial charge on any atom is 1.20 e. The number of rotatable bonds is 9. The van der Waals surface area contributed by atoms with Crippen molar-refractivity contribution in [2.24, 2.45) is 0 Å². The van der Waals surface area contributed by atoms with Crippen LogP contribution in [0.15, 0.2) is 35.5 Å². The van der Waals surface area contributed by atoms with Crippen molar-refractivity contribution >= 4 is 32.5 Å². The highest BCUT2D eigenvalue weighted by atomic mass is 27.3. The lowest BCUT2D eigenvalue weighted by molar-refractivity contribution is -0.168. The van der Waals surface area contributed by atoms with Gasteiger partial charge >= 0.3 is 52.2 Å². The summed E-state index contributed by atoms with van der Waals surface area (Å²) in [6.07, 6.45) is -43.0. The zero-order valence-electron chi connectivity index (χ0n) is 17.6. The summed E-state index contributed by atoms with van der Waals surface area (Å²) >= 11 is -6.47. The highest BCUT2D eigenvalue weighted by Crippen LogP contribution is 2.35. The second kappa shape index (κ2) is 12.2. The molecular formula is C15H3AlF18O6. The SMILES string of the molecule is O=C(/C=C(\[O][Al]([O]/C(=C\C(=O)C(F)(F)F)C(F)(F)F)[O]/C(=C/C(=O)C(F)(F)F)C(F)(F)F)C(F)(F)F)C(F)(F)F. The van der Waals surface area contributed by atoms with E-state index in [0.29, 0.717) is 0 Å². The van der Waals surface area contributed by atoms with Crippen molar-refractivity contribution < 1.29 is 105 Å². The third kappa shape index (κ3) is 12.4. The Labute approximate surface area is 210 Å². The number of hydrogen-bond donors (Lipinski definition) is 0. The predicted molar refractivity (Wildman–Crippen MR) is 84.6 cm³/mol. The Hall–Kier alpha value is -3.10. The van der Waals surface area contributed by atoms with Crippen LogP contribution in [0.5, 0.6) is 0 Å². The summed E-state index contributed by atoms with van der Waals surface area (Å²) in [5.41, 5.74) is 0. The number of carbonyl (C=O) groups excluding carboxylic acids is 3. The van der Waals surface area contributed by atoms with Crippen LogP contribution in [0, 0.1) is 0 Å². The molecule has 25 heteroatoms. The van der Waals surface area contributed by atoms with Gasteiger partial charge in [0.05, 0.1) is 0 Å². The first-order valence-corrected chi connectivity index (χ1v) is 9.98. The Morgan fingerprint density at radius 3 is 0.675 bits per heavy atom. The van der Waals surface area contributed by atoms with Gasteiger partial charge in [-0.3, -0.25) is 14.4 Å². The van der Waals surface area contributed by atoms with Crippen molar-refractivity contribution in [2.45, 2.75) is 37.1 Å². The van der Waals surface area contributed by atoms with E-state index in [1.54, 1.807) is 0 Å². The summed E-state index contributed by atoms with van der Waals surface area (Å²) in [6.45, 7) is 0. The van der Waals surface area contributed by atoms with Crippen molar-refractivity contribution in [3.05, 3.63) is 35.5 Å². The van der Waals surface area contributed by atoms with Gasteiger partial charge in [0, 0.05) is 18.2 Å². The lowest BCUT2D eigenvalue weighted by Gasteiger charge is -2.23. The van der Waals surface area contributed by atoms with E-state index in [1.807, 2.05) is 0 Å². The lowest BCUT2D eigenvalue weighted by atomic mass is 10.3. The van der Waals surface area contributed by atoms with Crippen molar-refractivity contribution in [3.63, 3.8) is 0 Å². The van der Waals surface area contributed by atoms with Crippen LogP contribution in [0.2, 0.25) is 0 Å². The van der Waals surface area contributed by atoms with E-state index >= 15 is 0 Å². The molecule has 0 rings (SSSR count). The number of carbonyl (C=O) groups is 3. The molecule has 0 radical (unpaired) electrons. The minimum atomic E-state index is -6.47. The molecule has 0 aliphatic heterocycles. The van der Waals surface area contributed by atoms with Crippen molar-refractivity contribution in [1.82, 2.24) is 0 Å². The van der Waals surface area contributed by atoms with Crippen LogP contribution in [0.1, 0.15) is 0 Å². The normalized spacial score (nSPS) is 15.0. The van der Waals surface area contributed by atoms with Crippen LogP contribution in [0.4, 0.5) is 79.0 Å². The largest absolute Gasteiger partial charge is 1.20 e. The van der Waals surface area contributed by atoms with Gasteiger partial charge in [0.1, 0.15) is 0 Å². The Bertz CT molecular complexity index is 917. The van der Waals surface area contributed by atoms with E-state index in [0.717, 1.165) is 0 Å². The minimum absolute atomic E-state index is 1.65. The van der Waals surface area contributed by atoms with Gasteiger partial charge < -0.3 is 11.4 Å². The first-order chi connectivity index (χ1) is 17.4. The van der Waals surface area contributed by atoms with Crippen molar-refractivity contribution in [1.29, 1.82) is 0 Å². The van der Waals surface area contributed by atoms with Gasteiger partial charge in [-0.1, -0.05) is 0 Å². The van der Waals surface area contributed by atoms with Crippen molar-refractivity contribution in [2.75, 3.05) is 0 Å². The molecule has 0 aromatic carbocycles. The van der Waals surface area contributed by atoms with E-state index in [4.69, 9.17) is 0 Å². The summed E-state index contributed by atoms with van der Waals surface area (Å²) < 4.78 is 238. The molecule has 0 amide bonds. The van der Waals surface area contributed by atoms with E-state index in [2.05, 4.69) is 11.4 Å². The Morgan fingerprint density at radius 2 is 0.550 bits per heavy atom. The van der Waals surface area contributed by atoms with E-state index in [-0.39, 0.29) is 0 Å². The summed E-state index contributed by atoms with van der Waals surface area (Å²) in [5.74, 6) is -21.1. The van der Waals surface area contributed by atoms with Gasteiger partial charge in [-0.05, 0) is 0 Å². The topological polar surface area (TPSA) is 78.9 Å². The standard InChI is InChI=1S/3C5H2F6O2.Al/c3*6-4(7,8)2(12)1-3(13)5(9,10)11;/h3*1,12H;/q;;;+3/p-3/b2-1+;2*2-1-;. The molecule has 0 aromatic rings. The molecule has 0 N–H and O–H groups in total. The first-order valence-electron chi connectivity index (χ1n) is 8.57. The number of allylic oxidation sites excluding steroid dienone is 6. The average molecular weight is 648 g/mol. The van der Waals surface area contributed by atoms with Gasteiger partial charge in [-0.2, -0.15) is 79.0 Å². The fourth-order valence-corrected chi connectivity index (χ4v) is 2.91. The summed E-state index contributed by atoms with van der Waals surface area (Å²) in [7, 11) is 0. The third-order valence-electron chi connectivity index (χ3n) is 3.13. The fraction of sp³-hybridized carbons (Fsp3) is 0.400. The molecule has 0 aliphatic carbocycles. The van der Waals surface area contributed by atoms with Crippen LogP contribution < -0.4 is 0 Å². The molecular weight excluding hydrogens is 645 g/mol. The van der Waals surface area contributed by atoms with Crippen molar-refractivity contribution in [3.8, 4) is 0 Å². The molecule has 0 fully saturated rings. The Kier molecular flexibility index (Phi) is 11.2. The highest BCUT2D eigenvalue weighted by molar-refractivity contribution is 6.38. The second-order valence-electron chi connectivity index (χ2n) is 6.25. The van der Waals surface area contributed by atoms with E-state index < -0.39 is 105 Å². The summed E-state index contributed by atoms with van der Waals surface area (Å²) in [4.78, 5) is 32.4. The Morgan fingerprint density at radius 1 is 0.375 bits per heavy atom. The molecule has 0 saturated heterocycles. The van der Waals surface area contributed by atoms with Crippen LogP contribution in [-0.4, -0.2) is 69.6 Å². The molecule has 0 bridgehead atoms. The van der Waals surface area contributed by atoms with E-state index in [1.165, 1.54) is 0 Å². The number of ketones is 3. The molecule has 0 unspecified atom stereocenters. The number of alkyl halides is 18. The smallest absolute Gasteiger partial charge is 0.574 e. The monoisotopic (exact) mass is 648 g/mol. The number of hydrogen-bond acceptors (Lipinski definition) is 6. The van der Waals surface area contributed by atoms with Gasteiger partial charge in [-0.25, -0.2) is 0 Å². The maximum atomic E-state index is 13.0. The summed E-state index contributed by atoms with van der Waals surface area (Å²) in [5, 5.41) is 0. The molecule has 0 spiro atoms. The highest BCUT2D eigenvalue weighted by Gasteiger charge is 2.58. The fourth-order valence-electron chi connectivity index (χ4n) is 1.53. The molecule has 0 aromatic heterocycles. The molecule has 0 heterocycles. The van der Waals surface area contributed by atoms with Gasteiger partial charge in [-0.15, -0.1) is 0 Å². The quantitative estimate of drug-likeness (QED) is 0.137. The zero-order valence-corrected chi connectivity index (χ0v) is 18.7. The molecule has 6 nitrogen and oxygen atoms in total.